The SMILES string of the molecule is CC(=O)N1CCc2cc(C(=O)NCc3cn4cc(Br)ccc4n3)ccc21. The molecule has 1 aliphatic heterocycles. The molecule has 0 radical (unpaired) electrons. The van der Waals surface area contributed by atoms with Crippen LogP contribution in [0.5, 0.6) is 0 Å². The number of fused-ring (bicyclic) bond motifs is 2. The van der Waals surface area contributed by atoms with Crippen molar-refractivity contribution in [2.45, 2.75) is 19.9 Å². The minimum atomic E-state index is -0.146. The molecule has 0 aliphatic carbocycles. The maximum atomic E-state index is 12.5. The first-order valence-corrected chi connectivity index (χ1v) is 9.13. The average Bonchev–Trinajstić information content (AvgIpc) is 3.22. The van der Waals surface area contributed by atoms with Crippen LogP contribution in [0.1, 0.15) is 28.5 Å². The van der Waals surface area contributed by atoms with E-state index in [-0.39, 0.29) is 11.8 Å². The number of anilines is 1. The summed E-state index contributed by atoms with van der Waals surface area (Å²) >= 11 is 3.43. The zero-order valence-corrected chi connectivity index (χ0v) is 15.8. The summed E-state index contributed by atoms with van der Waals surface area (Å²) in [5.74, 6) is -0.119. The molecule has 2 aromatic heterocycles. The molecule has 0 fully saturated rings. The van der Waals surface area contributed by atoms with Gasteiger partial charge >= 0.3 is 0 Å². The second kappa shape index (κ2) is 6.57. The minimum absolute atomic E-state index is 0.0273. The molecule has 1 N–H and O–H groups in total. The van der Waals surface area contributed by atoms with E-state index in [2.05, 4.69) is 26.2 Å². The van der Waals surface area contributed by atoms with Crippen molar-refractivity contribution in [1.29, 1.82) is 0 Å². The largest absolute Gasteiger partial charge is 0.346 e. The van der Waals surface area contributed by atoms with E-state index in [1.165, 1.54) is 0 Å². The number of carbonyl (C=O) groups is 2. The van der Waals surface area contributed by atoms with Gasteiger partial charge in [-0.3, -0.25) is 9.59 Å². The predicted molar refractivity (Wildman–Crippen MR) is 102 cm³/mol. The number of halogens is 1. The van der Waals surface area contributed by atoms with Gasteiger partial charge in [0, 0.05) is 41.6 Å². The summed E-state index contributed by atoms with van der Waals surface area (Å²) in [7, 11) is 0. The highest BCUT2D eigenvalue weighted by molar-refractivity contribution is 9.10. The van der Waals surface area contributed by atoms with Crippen LogP contribution in [-0.4, -0.2) is 27.7 Å². The van der Waals surface area contributed by atoms with Gasteiger partial charge in [-0.15, -0.1) is 0 Å². The number of benzene rings is 1. The van der Waals surface area contributed by atoms with Crippen molar-refractivity contribution in [3.05, 3.63) is 64.0 Å². The van der Waals surface area contributed by atoms with E-state index in [4.69, 9.17) is 0 Å². The first-order chi connectivity index (χ1) is 12.5. The molecule has 2 amide bonds. The summed E-state index contributed by atoms with van der Waals surface area (Å²) in [4.78, 5) is 30.3. The molecule has 4 rings (SSSR count). The monoisotopic (exact) mass is 412 g/mol. The molecule has 132 valence electrons. The summed E-state index contributed by atoms with van der Waals surface area (Å²) in [6.45, 7) is 2.59. The quantitative estimate of drug-likeness (QED) is 0.718. The lowest BCUT2D eigenvalue weighted by atomic mass is 10.1. The van der Waals surface area contributed by atoms with Crippen LogP contribution in [-0.2, 0) is 17.8 Å². The Morgan fingerprint density at radius 3 is 2.88 bits per heavy atom. The van der Waals surface area contributed by atoms with Gasteiger partial charge in [-0.1, -0.05) is 0 Å². The van der Waals surface area contributed by atoms with Crippen LogP contribution in [0.3, 0.4) is 0 Å². The number of rotatable bonds is 3. The zero-order chi connectivity index (χ0) is 18.3. The van der Waals surface area contributed by atoms with Gasteiger partial charge < -0.3 is 14.6 Å². The third kappa shape index (κ3) is 3.10. The van der Waals surface area contributed by atoms with Crippen LogP contribution in [0.2, 0.25) is 0 Å². The van der Waals surface area contributed by atoms with Crippen molar-refractivity contribution < 1.29 is 9.59 Å². The molecular formula is C19H17BrN4O2. The van der Waals surface area contributed by atoms with Gasteiger partial charge in [0.1, 0.15) is 5.65 Å². The molecular weight excluding hydrogens is 396 g/mol. The van der Waals surface area contributed by atoms with Crippen molar-refractivity contribution in [3.8, 4) is 0 Å². The Morgan fingerprint density at radius 1 is 1.23 bits per heavy atom. The second-order valence-corrected chi connectivity index (χ2v) is 7.21. The Hall–Kier alpha value is -2.67. The molecule has 7 heteroatoms. The predicted octanol–water partition coefficient (Wildman–Crippen LogP) is 2.94. The highest BCUT2D eigenvalue weighted by Gasteiger charge is 2.23. The lowest BCUT2D eigenvalue weighted by Gasteiger charge is -2.14. The van der Waals surface area contributed by atoms with Crippen molar-refractivity contribution in [2.24, 2.45) is 0 Å². The van der Waals surface area contributed by atoms with Gasteiger partial charge in [0.05, 0.1) is 12.2 Å². The van der Waals surface area contributed by atoms with Crippen molar-refractivity contribution in [1.82, 2.24) is 14.7 Å². The smallest absolute Gasteiger partial charge is 0.251 e. The van der Waals surface area contributed by atoms with E-state index >= 15 is 0 Å². The normalized spacial score (nSPS) is 13.1. The first-order valence-electron chi connectivity index (χ1n) is 8.33. The molecule has 0 saturated heterocycles. The number of carbonyl (C=O) groups excluding carboxylic acids is 2. The van der Waals surface area contributed by atoms with Crippen LogP contribution in [0.15, 0.2) is 47.2 Å². The Morgan fingerprint density at radius 2 is 2.08 bits per heavy atom. The van der Waals surface area contributed by atoms with E-state index in [9.17, 15) is 9.59 Å². The number of imidazole rings is 1. The molecule has 3 heterocycles. The number of nitrogens with zero attached hydrogens (tertiary/aromatic N) is 3. The summed E-state index contributed by atoms with van der Waals surface area (Å²) in [6, 6.07) is 9.32. The molecule has 3 aromatic rings. The van der Waals surface area contributed by atoms with E-state index in [1.54, 1.807) is 17.9 Å². The Labute approximate surface area is 159 Å². The van der Waals surface area contributed by atoms with Gasteiger partial charge in [0.15, 0.2) is 0 Å². The molecule has 0 atom stereocenters. The summed E-state index contributed by atoms with van der Waals surface area (Å²) in [6.07, 6.45) is 4.60. The third-order valence-electron chi connectivity index (χ3n) is 4.51. The fourth-order valence-corrected chi connectivity index (χ4v) is 3.60. The zero-order valence-electron chi connectivity index (χ0n) is 14.2. The maximum absolute atomic E-state index is 12.5. The van der Waals surface area contributed by atoms with Crippen molar-refractivity contribution in [3.63, 3.8) is 0 Å². The summed E-state index contributed by atoms with van der Waals surface area (Å²) in [5.41, 5.74) is 4.16. The highest BCUT2D eigenvalue weighted by Crippen LogP contribution is 2.28. The Balaban J connectivity index is 1.47. The molecule has 0 spiro atoms. The van der Waals surface area contributed by atoms with E-state index in [0.29, 0.717) is 18.7 Å². The number of hydrogen-bond acceptors (Lipinski definition) is 3. The standard InChI is InChI=1S/C19H17BrN4O2/c1-12(25)24-7-6-13-8-14(2-4-17(13)24)19(26)21-9-16-11-23-10-15(20)3-5-18(23)22-16/h2-5,8,10-11H,6-7,9H2,1H3,(H,21,26). The molecule has 0 bridgehead atoms. The number of amides is 2. The Bertz CT molecular complexity index is 1030. The Kier molecular flexibility index (Phi) is 4.24. The summed E-state index contributed by atoms with van der Waals surface area (Å²) < 4.78 is 2.88. The summed E-state index contributed by atoms with van der Waals surface area (Å²) in [5, 5.41) is 2.91. The number of nitrogens with one attached hydrogen (secondary N) is 1. The van der Waals surface area contributed by atoms with E-state index in [0.717, 1.165) is 33.5 Å². The third-order valence-corrected chi connectivity index (χ3v) is 4.98. The van der Waals surface area contributed by atoms with Crippen LogP contribution >= 0.6 is 15.9 Å². The topological polar surface area (TPSA) is 66.7 Å². The van der Waals surface area contributed by atoms with Gasteiger partial charge in [-0.05, 0) is 58.2 Å². The van der Waals surface area contributed by atoms with E-state index in [1.807, 2.05) is 41.1 Å². The maximum Gasteiger partial charge on any atom is 0.251 e. The molecule has 6 nitrogen and oxygen atoms in total. The molecule has 0 unspecified atom stereocenters. The lowest BCUT2D eigenvalue weighted by molar-refractivity contribution is -0.116. The number of pyridine rings is 1. The van der Waals surface area contributed by atoms with Crippen LogP contribution in [0, 0.1) is 0 Å². The van der Waals surface area contributed by atoms with Gasteiger partial charge in [-0.25, -0.2) is 4.98 Å². The van der Waals surface area contributed by atoms with Gasteiger partial charge in [-0.2, -0.15) is 0 Å². The number of aromatic nitrogens is 2. The fraction of sp³-hybridized carbons (Fsp3) is 0.211. The highest BCUT2D eigenvalue weighted by atomic mass is 79.9. The second-order valence-electron chi connectivity index (χ2n) is 6.29. The first kappa shape index (κ1) is 16.8. The van der Waals surface area contributed by atoms with Gasteiger partial charge in [0.25, 0.3) is 5.91 Å². The van der Waals surface area contributed by atoms with Crippen LogP contribution in [0.4, 0.5) is 5.69 Å². The molecule has 26 heavy (non-hydrogen) atoms. The number of hydrogen-bond donors (Lipinski definition) is 1. The van der Waals surface area contributed by atoms with Gasteiger partial charge in [0.2, 0.25) is 5.91 Å². The average molecular weight is 413 g/mol. The molecule has 1 aliphatic rings. The fourth-order valence-electron chi connectivity index (χ4n) is 3.25. The van der Waals surface area contributed by atoms with Crippen molar-refractivity contribution >= 4 is 39.1 Å². The van der Waals surface area contributed by atoms with Crippen LogP contribution < -0.4 is 10.2 Å². The minimum Gasteiger partial charge on any atom is -0.346 e. The van der Waals surface area contributed by atoms with E-state index < -0.39 is 0 Å². The van der Waals surface area contributed by atoms with Crippen molar-refractivity contribution in [2.75, 3.05) is 11.4 Å². The molecule has 0 saturated carbocycles. The van der Waals surface area contributed by atoms with Crippen LogP contribution in [0.25, 0.3) is 5.65 Å². The molecule has 1 aromatic carbocycles. The lowest BCUT2D eigenvalue weighted by Crippen LogP contribution is -2.26.